The van der Waals surface area contributed by atoms with E-state index in [1.165, 1.54) is 17.8 Å². The molecule has 0 radical (unpaired) electrons. The SMILES string of the molecule is CNCc1ccc(OC)c(CSc2ccc(F)c(F)c2)c1. The van der Waals surface area contributed by atoms with Crippen molar-refractivity contribution in [2.45, 2.75) is 17.2 Å². The maximum absolute atomic E-state index is 13.2. The number of benzene rings is 2. The van der Waals surface area contributed by atoms with Gasteiger partial charge in [0, 0.05) is 22.8 Å². The molecule has 0 saturated carbocycles. The molecule has 2 aromatic rings. The van der Waals surface area contributed by atoms with Gasteiger partial charge in [0.1, 0.15) is 5.75 Å². The Morgan fingerprint density at radius 2 is 1.90 bits per heavy atom. The number of nitrogens with one attached hydrogen (secondary N) is 1. The van der Waals surface area contributed by atoms with Crippen molar-refractivity contribution in [3.8, 4) is 5.75 Å². The molecule has 2 rings (SSSR count). The van der Waals surface area contributed by atoms with Crippen LogP contribution in [0.5, 0.6) is 5.75 Å². The fraction of sp³-hybridized carbons (Fsp3) is 0.250. The molecule has 0 unspecified atom stereocenters. The van der Waals surface area contributed by atoms with Crippen molar-refractivity contribution >= 4 is 11.8 Å². The van der Waals surface area contributed by atoms with E-state index in [4.69, 9.17) is 4.74 Å². The fourth-order valence-electron chi connectivity index (χ4n) is 1.99. The van der Waals surface area contributed by atoms with E-state index in [1.807, 2.05) is 19.2 Å². The normalized spacial score (nSPS) is 10.7. The van der Waals surface area contributed by atoms with Gasteiger partial charge in [-0.05, 0) is 42.9 Å². The first kappa shape index (κ1) is 15.8. The van der Waals surface area contributed by atoms with Crippen LogP contribution in [0.1, 0.15) is 11.1 Å². The monoisotopic (exact) mass is 309 g/mol. The van der Waals surface area contributed by atoms with Crippen LogP contribution in [0, 0.1) is 11.6 Å². The van der Waals surface area contributed by atoms with Crippen LogP contribution >= 0.6 is 11.8 Å². The molecule has 0 aromatic heterocycles. The Labute approximate surface area is 127 Å². The molecule has 0 aliphatic carbocycles. The predicted molar refractivity (Wildman–Crippen MR) is 81.7 cm³/mol. The zero-order valence-corrected chi connectivity index (χ0v) is 12.8. The number of ether oxygens (including phenoxy) is 1. The third kappa shape index (κ3) is 4.19. The molecular formula is C16H17F2NOS. The van der Waals surface area contributed by atoms with Gasteiger partial charge in [-0.25, -0.2) is 8.78 Å². The fourth-order valence-corrected chi connectivity index (χ4v) is 2.89. The van der Waals surface area contributed by atoms with Crippen molar-refractivity contribution in [1.82, 2.24) is 5.32 Å². The Morgan fingerprint density at radius 1 is 1.10 bits per heavy atom. The highest BCUT2D eigenvalue weighted by Gasteiger charge is 2.07. The molecular weight excluding hydrogens is 292 g/mol. The Morgan fingerprint density at radius 3 is 2.57 bits per heavy atom. The van der Waals surface area contributed by atoms with Crippen molar-refractivity contribution < 1.29 is 13.5 Å². The maximum Gasteiger partial charge on any atom is 0.159 e. The minimum Gasteiger partial charge on any atom is -0.496 e. The van der Waals surface area contributed by atoms with E-state index in [2.05, 4.69) is 11.4 Å². The highest BCUT2D eigenvalue weighted by Crippen LogP contribution is 2.29. The summed E-state index contributed by atoms with van der Waals surface area (Å²) in [4.78, 5) is 0.690. The molecule has 2 aromatic carbocycles. The minimum atomic E-state index is -0.826. The third-order valence-corrected chi connectivity index (χ3v) is 4.05. The lowest BCUT2D eigenvalue weighted by Crippen LogP contribution is -2.05. The lowest BCUT2D eigenvalue weighted by atomic mass is 10.1. The van der Waals surface area contributed by atoms with Gasteiger partial charge in [-0.2, -0.15) is 0 Å². The lowest BCUT2D eigenvalue weighted by molar-refractivity contribution is 0.411. The van der Waals surface area contributed by atoms with Crippen LogP contribution < -0.4 is 10.1 Å². The molecule has 0 amide bonds. The second-order valence-electron chi connectivity index (χ2n) is 4.54. The van der Waals surface area contributed by atoms with Crippen LogP contribution in [0.4, 0.5) is 8.78 Å². The first-order chi connectivity index (χ1) is 10.1. The lowest BCUT2D eigenvalue weighted by Gasteiger charge is -2.11. The predicted octanol–water partition coefficient (Wildman–Crippen LogP) is 3.99. The molecule has 112 valence electrons. The largest absolute Gasteiger partial charge is 0.496 e. The summed E-state index contributed by atoms with van der Waals surface area (Å²) >= 11 is 1.45. The van der Waals surface area contributed by atoms with E-state index in [1.54, 1.807) is 13.2 Å². The van der Waals surface area contributed by atoms with Gasteiger partial charge in [0.2, 0.25) is 0 Å². The Hall–Kier alpha value is -1.59. The molecule has 0 heterocycles. The molecule has 0 saturated heterocycles. The van der Waals surface area contributed by atoms with Gasteiger partial charge >= 0.3 is 0 Å². The summed E-state index contributed by atoms with van der Waals surface area (Å²) in [7, 11) is 3.51. The zero-order valence-electron chi connectivity index (χ0n) is 12.0. The number of hydrogen-bond donors (Lipinski definition) is 1. The van der Waals surface area contributed by atoms with Gasteiger partial charge in [-0.1, -0.05) is 6.07 Å². The first-order valence-electron chi connectivity index (χ1n) is 6.52. The zero-order chi connectivity index (χ0) is 15.2. The van der Waals surface area contributed by atoms with E-state index < -0.39 is 11.6 Å². The quantitative estimate of drug-likeness (QED) is 0.815. The van der Waals surface area contributed by atoms with Crippen molar-refractivity contribution in [1.29, 1.82) is 0 Å². The Kier molecular flexibility index (Phi) is 5.59. The van der Waals surface area contributed by atoms with Crippen molar-refractivity contribution in [2.75, 3.05) is 14.2 Å². The van der Waals surface area contributed by atoms with E-state index in [0.29, 0.717) is 10.6 Å². The molecule has 1 N–H and O–H groups in total. The Bertz CT molecular complexity index is 619. The molecule has 5 heteroatoms. The number of hydrogen-bond acceptors (Lipinski definition) is 3. The van der Waals surface area contributed by atoms with E-state index in [-0.39, 0.29) is 0 Å². The second kappa shape index (κ2) is 7.43. The molecule has 0 spiro atoms. The highest BCUT2D eigenvalue weighted by atomic mass is 32.2. The average Bonchev–Trinajstić information content (AvgIpc) is 2.49. The Balaban J connectivity index is 2.13. The van der Waals surface area contributed by atoms with Gasteiger partial charge in [-0.3, -0.25) is 0 Å². The third-order valence-electron chi connectivity index (χ3n) is 3.01. The molecule has 0 aliphatic rings. The van der Waals surface area contributed by atoms with Gasteiger partial charge in [-0.15, -0.1) is 11.8 Å². The summed E-state index contributed by atoms with van der Waals surface area (Å²) in [6.07, 6.45) is 0. The smallest absolute Gasteiger partial charge is 0.159 e. The topological polar surface area (TPSA) is 21.3 Å². The van der Waals surface area contributed by atoms with Crippen LogP contribution in [0.25, 0.3) is 0 Å². The summed E-state index contributed by atoms with van der Waals surface area (Å²) in [5, 5.41) is 3.10. The maximum atomic E-state index is 13.2. The molecule has 0 atom stereocenters. The summed E-state index contributed by atoms with van der Waals surface area (Å²) in [5.41, 5.74) is 2.18. The molecule has 21 heavy (non-hydrogen) atoms. The van der Waals surface area contributed by atoms with Crippen LogP contribution in [0.3, 0.4) is 0 Å². The number of methoxy groups -OCH3 is 1. The average molecular weight is 309 g/mol. The van der Waals surface area contributed by atoms with Gasteiger partial charge in [0.25, 0.3) is 0 Å². The van der Waals surface area contributed by atoms with E-state index >= 15 is 0 Å². The summed E-state index contributed by atoms with van der Waals surface area (Å²) < 4.78 is 31.4. The molecule has 0 bridgehead atoms. The highest BCUT2D eigenvalue weighted by molar-refractivity contribution is 7.98. The van der Waals surface area contributed by atoms with Gasteiger partial charge in [0.15, 0.2) is 11.6 Å². The molecule has 2 nitrogen and oxygen atoms in total. The van der Waals surface area contributed by atoms with Gasteiger partial charge < -0.3 is 10.1 Å². The van der Waals surface area contributed by atoms with E-state index in [9.17, 15) is 8.78 Å². The van der Waals surface area contributed by atoms with Gasteiger partial charge in [0.05, 0.1) is 7.11 Å². The number of rotatable bonds is 6. The van der Waals surface area contributed by atoms with Crippen molar-refractivity contribution in [3.63, 3.8) is 0 Å². The van der Waals surface area contributed by atoms with Crippen molar-refractivity contribution in [2.24, 2.45) is 0 Å². The molecule has 0 aliphatic heterocycles. The second-order valence-corrected chi connectivity index (χ2v) is 5.59. The van der Waals surface area contributed by atoms with E-state index in [0.717, 1.165) is 29.5 Å². The first-order valence-corrected chi connectivity index (χ1v) is 7.51. The molecule has 0 fully saturated rings. The summed E-state index contributed by atoms with van der Waals surface area (Å²) in [5.74, 6) is -0.222. The summed E-state index contributed by atoms with van der Waals surface area (Å²) in [6, 6.07) is 9.92. The van der Waals surface area contributed by atoms with Crippen LogP contribution in [0.2, 0.25) is 0 Å². The van der Waals surface area contributed by atoms with Crippen molar-refractivity contribution in [3.05, 3.63) is 59.2 Å². The minimum absolute atomic E-state index is 0.631. The van der Waals surface area contributed by atoms with Crippen LogP contribution in [-0.4, -0.2) is 14.2 Å². The van der Waals surface area contributed by atoms with Crippen LogP contribution in [0.15, 0.2) is 41.3 Å². The summed E-state index contributed by atoms with van der Waals surface area (Å²) in [6.45, 7) is 0.771. The number of thioether (sulfide) groups is 1. The number of halogens is 2. The van der Waals surface area contributed by atoms with Crippen LogP contribution in [-0.2, 0) is 12.3 Å². The standard InChI is InChI=1S/C16H17F2NOS/c1-19-9-11-3-6-16(20-2)12(7-11)10-21-13-4-5-14(17)15(18)8-13/h3-8,19H,9-10H2,1-2H3.